The van der Waals surface area contributed by atoms with Crippen molar-refractivity contribution in [3.05, 3.63) is 137 Å². The van der Waals surface area contributed by atoms with Crippen molar-refractivity contribution in [1.29, 1.82) is 0 Å². The standard InChI is InChI=1S/C43H45N5O6/c1-28-38(42(2,3)31-17-19-33(52-4)20-18-31)37(21-22-46-27-35(44-45-46)39(49)30-12-6-5-7-13-30)54-43(28)34-15-8-9-16-36(34)48(40(43)50)26-29-11-10-14-32(25-29)47-23-24-53-41(47)51/h5-20,25,27-28,37-39,49H,21-24,26H2,1-4H3/t28-,37+,38-,39-,43+/m1/s1. The predicted molar refractivity (Wildman–Crippen MR) is 203 cm³/mol. The van der Waals surface area contributed by atoms with Crippen molar-refractivity contribution in [3.8, 4) is 5.75 Å². The Bertz CT molecular complexity index is 2150. The fourth-order valence-electron chi connectivity index (χ4n) is 8.94. The molecule has 1 N–H and O–H groups in total. The Morgan fingerprint density at radius 2 is 1.74 bits per heavy atom. The maximum atomic E-state index is 15.2. The number of rotatable bonds is 11. The van der Waals surface area contributed by atoms with Crippen LogP contribution in [0, 0.1) is 11.8 Å². The molecule has 1 spiro atoms. The second-order valence-corrected chi connectivity index (χ2v) is 15.0. The van der Waals surface area contributed by atoms with Gasteiger partial charge in [0.2, 0.25) is 0 Å². The number of ether oxygens (including phenoxy) is 3. The summed E-state index contributed by atoms with van der Waals surface area (Å²) in [6, 6.07) is 33.2. The van der Waals surface area contributed by atoms with Crippen LogP contribution in [0.25, 0.3) is 0 Å². The van der Waals surface area contributed by atoms with Crippen molar-refractivity contribution in [1.82, 2.24) is 15.0 Å². The number of carbonyl (C=O) groups is 2. The average Bonchev–Trinajstić information content (AvgIpc) is 3.97. The van der Waals surface area contributed by atoms with Crippen LogP contribution in [-0.2, 0) is 38.4 Å². The number of aryl methyl sites for hydroxylation is 1. The first kappa shape index (κ1) is 35.5. The first-order valence-electron chi connectivity index (χ1n) is 18.5. The van der Waals surface area contributed by atoms with E-state index in [1.807, 2.05) is 95.9 Å². The molecule has 11 heteroatoms. The number of fused-ring (bicyclic) bond motifs is 2. The van der Waals surface area contributed by atoms with Crippen LogP contribution in [0.3, 0.4) is 0 Å². The van der Waals surface area contributed by atoms with Crippen LogP contribution in [0.2, 0.25) is 0 Å². The Morgan fingerprint density at radius 1 is 0.981 bits per heavy atom. The van der Waals surface area contributed by atoms with Gasteiger partial charge in [0.05, 0.1) is 38.2 Å². The maximum absolute atomic E-state index is 15.2. The maximum Gasteiger partial charge on any atom is 0.414 e. The third-order valence-electron chi connectivity index (χ3n) is 11.7. The average molecular weight is 728 g/mol. The molecule has 4 aromatic carbocycles. The minimum atomic E-state index is -1.23. The lowest BCUT2D eigenvalue weighted by Crippen LogP contribution is -2.45. The lowest BCUT2D eigenvalue weighted by atomic mass is 9.63. The number of hydrogen-bond donors (Lipinski definition) is 1. The quantitative estimate of drug-likeness (QED) is 0.158. The zero-order valence-electron chi connectivity index (χ0n) is 31.0. The molecule has 2 fully saturated rings. The molecule has 0 saturated carbocycles. The summed E-state index contributed by atoms with van der Waals surface area (Å²) < 4.78 is 19.7. The summed E-state index contributed by atoms with van der Waals surface area (Å²) >= 11 is 0. The van der Waals surface area contributed by atoms with Gasteiger partial charge in [0.15, 0.2) is 5.60 Å². The van der Waals surface area contributed by atoms with E-state index < -0.39 is 17.1 Å². The van der Waals surface area contributed by atoms with E-state index in [-0.39, 0.29) is 29.9 Å². The van der Waals surface area contributed by atoms with Crippen LogP contribution in [-0.4, -0.2) is 58.5 Å². The first-order valence-corrected chi connectivity index (χ1v) is 18.5. The highest BCUT2D eigenvalue weighted by atomic mass is 16.6. The Morgan fingerprint density at radius 3 is 2.48 bits per heavy atom. The number of aliphatic hydroxyl groups excluding tert-OH is 1. The van der Waals surface area contributed by atoms with Gasteiger partial charge in [-0.2, -0.15) is 0 Å². The minimum Gasteiger partial charge on any atom is -0.497 e. The summed E-state index contributed by atoms with van der Waals surface area (Å²) in [5.41, 5.74) is 3.98. The number of cyclic esters (lactones) is 1. The zero-order valence-corrected chi connectivity index (χ0v) is 31.0. The van der Waals surface area contributed by atoms with Gasteiger partial charge in [-0.3, -0.25) is 14.4 Å². The molecule has 8 rings (SSSR count). The molecule has 0 bridgehead atoms. The molecule has 0 radical (unpaired) electrons. The van der Waals surface area contributed by atoms with Gasteiger partial charge in [0.1, 0.15) is 24.2 Å². The molecule has 3 aliphatic rings. The molecule has 3 aliphatic heterocycles. The number of anilines is 2. The number of nitrogens with zero attached hydrogens (tertiary/aromatic N) is 5. The number of aromatic nitrogens is 3. The van der Waals surface area contributed by atoms with Gasteiger partial charge < -0.3 is 24.2 Å². The molecule has 11 nitrogen and oxygen atoms in total. The van der Waals surface area contributed by atoms with Gasteiger partial charge in [-0.15, -0.1) is 5.10 Å². The van der Waals surface area contributed by atoms with Crippen LogP contribution < -0.4 is 14.5 Å². The van der Waals surface area contributed by atoms with E-state index in [9.17, 15) is 9.90 Å². The number of benzene rings is 4. The number of carbonyl (C=O) groups excluding carboxylic acids is 2. The molecule has 2 amide bonds. The number of aliphatic hydroxyl groups is 1. The van der Waals surface area contributed by atoms with Gasteiger partial charge in [-0.05, 0) is 58.9 Å². The lowest BCUT2D eigenvalue weighted by Gasteiger charge is -2.38. The van der Waals surface area contributed by atoms with E-state index in [0.29, 0.717) is 38.4 Å². The third kappa shape index (κ3) is 6.01. The number of hydrogen-bond acceptors (Lipinski definition) is 8. The molecule has 4 heterocycles. The van der Waals surface area contributed by atoms with E-state index in [1.54, 1.807) is 22.9 Å². The molecule has 5 aromatic rings. The molecular weight excluding hydrogens is 683 g/mol. The second kappa shape index (κ2) is 14.0. The molecule has 2 saturated heterocycles. The van der Waals surface area contributed by atoms with E-state index in [0.717, 1.165) is 39.4 Å². The highest BCUT2D eigenvalue weighted by Crippen LogP contribution is 2.60. The zero-order chi connectivity index (χ0) is 37.6. The van der Waals surface area contributed by atoms with Gasteiger partial charge in [-0.25, -0.2) is 4.79 Å². The minimum absolute atomic E-state index is 0.0924. The SMILES string of the molecule is COc1ccc(C(C)(C)[C@H]2[C@H](CCn3cc([C@H](O)c4ccccc4)nn3)O[C@@]3(C(=O)N(Cc4cccc(N5CCOC5=O)c4)c4ccccc43)[C@@H]2C)cc1. The molecule has 1 aromatic heterocycles. The van der Waals surface area contributed by atoms with Crippen molar-refractivity contribution >= 4 is 23.4 Å². The third-order valence-corrected chi connectivity index (χ3v) is 11.7. The summed E-state index contributed by atoms with van der Waals surface area (Å²) in [6.07, 6.45) is 0.738. The lowest BCUT2D eigenvalue weighted by molar-refractivity contribution is -0.146. The summed E-state index contributed by atoms with van der Waals surface area (Å²) in [4.78, 5) is 31.0. The summed E-state index contributed by atoms with van der Waals surface area (Å²) in [5.74, 6) is 0.355. The fourth-order valence-corrected chi connectivity index (χ4v) is 8.94. The van der Waals surface area contributed by atoms with Gasteiger partial charge in [0.25, 0.3) is 5.91 Å². The summed E-state index contributed by atoms with van der Waals surface area (Å²) in [5, 5.41) is 19.7. The van der Waals surface area contributed by atoms with Crippen LogP contribution >= 0.6 is 0 Å². The van der Waals surface area contributed by atoms with E-state index in [1.165, 1.54) is 0 Å². The van der Waals surface area contributed by atoms with Crippen LogP contribution in [0.5, 0.6) is 5.75 Å². The Kier molecular flexibility index (Phi) is 9.23. The van der Waals surface area contributed by atoms with Crippen LogP contribution in [0.4, 0.5) is 16.2 Å². The monoisotopic (exact) mass is 727 g/mol. The van der Waals surface area contributed by atoms with Crippen LogP contribution in [0.15, 0.2) is 109 Å². The second-order valence-electron chi connectivity index (χ2n) is 15.0. The highest BCUT2D eigenvalue weighted by Gasteiger charge is 2.65. The smallest absolute Gasteiger partial charge is 0.414 e. The fraction of sp³-hybridized carbons (Fsp3) is 0.349. The first-order chi connectivity index (χ1) is 26.1. The van der Waals surface area contributed by atoms with E-state index >= 15 is 4.79 Å². The van der Waals surface area contributed by atoms with Crippen molar-refractivity contribution < 1.29 is 28.9 Å². The van der Waals surface area contributed by atoms with Gasteiger partial charge >= 0.3 is 6.09 Å². The largest absolute Gasteiger partial charge is 0.497 e. The number of methoxy groups -OCH3 is 1. The Labute approximate surface area is 315 Å². The number of para-hydroxylation sites is 1. The van der Waals surface area contributed by atoms with Gasteiger partial charge in [0, 0.05) is 29.6 Å². The van der Waals surface area contributed by atoms with Crippen molar-refractivity contribution in [2.75, 3.05) is 30.1 Å². The predicted octanol–water partition coefficient (Wildman–Crippen LogP) is 6.79. The molecule has 278 valence electrons. The molecular formula is C43H45N5O6. The summed E-state index contributed by atoms with van der Waals surface area (Å²) in [7, 11) is 1.66. The Balaban J connectivity index is 1.13. The van der Waals surface area contributed by atoms with E-state index in [2.05, 4.69) is 43.2 Å². The Hall–Kier alpha value is -5.52. The number of amides is 2. The van der Waals surface area contributed by atoms with Crippen molar-refractivity contribution in [3.63, 3.8) is 0 Å². The highest BCUT2D eigenvalue weighted by molar-refractivity contribution is 6.07. The van der Waals surface area contributed by atoms with Gasteiger partial charge in [-0.1, -0.05) is 98.8 Å². The molecule has 0 unspecified atom stereocenters. The normalized spacial score (nSPS) is 22.9. The van der Waals surface area contributed by atoms with E-state index in [4.69, 9.17) is 14.2 Å². The van der Waals surface area contributed by atoms with Crippen LogP contribution in [0.1, 0.15) is 61.2 Å². The topological polar surface area (TPSA) is 119 Å². The molecule has 5 atom stereocenters. The van der Waals surface area contributed by atoms with Crippen molar-refractivity contribution in [2.24, 2.45) is 11.8 Å². The molecule has 0 aliphatic carbocycles. The summed E-state index contributed by atoms with van der Waals surface area (Å²) in [6.45, 7) is 8.23. The van der Waals surface area contributed by atoms with Crippen molar-refractivity contribution in [2.45, 2.75) is 63.5 Å². The molecule has 54 heavy (non-hydrogen) atoms.